The minimum Gasteiger partial charge on any atom is -0.508 e. The van der Waals surface area contributed by atoms with Gasteiger partial charge in [0.05, 0.1) is 0 Å². The van der Waals surface area contributed by atoms with Gasteiger partial charge < -0.3 is 5.11 Å². The number of benzene rings is 2. The molecular weight excluding hydrogens is 307 g/mol. The number of phenolic OH excluding ortho intramolecular Hbond substituents is 1. The maximum Gasteiger partial charge on any atom is 0.178 e. The van der Waals surface area contributed by atoms with Gasteiger partial charge >= 0.3 is 0 Å². The Balaban J connectivity index is 2.08. The van der Waals surface area contributed by atoms with E-state index in [0.29, 0.717) is 15.6 Å². The van der Waals surface area contributed by atoms with E-state index in [4.69, 9.17) is 28.3 Å². The molecule has 0 unspecified atom stereocenters. The molecule has 4 heteroatoms. The predicted molar refractivity (Wildman–Crippen MR) is 87.6 cm³/mol. The lowest BCUT2D eigenvalue weighted by Gasteiger charge is -1.99. The summed E-state index contributed by atoms with van der Waals surface area (Å²) in [5.74, 6) is 0.00537. The molecule has 0 atom stereocenters. The van der Waals surface area contributed by atoms with Gasteiger partial charge in [0.2, 0.25) is 0 Å². The summed E-state index contributed by atoms with van der Waals surface area (Å²) >= 11 is 12.0. The Bertz CT molecular complexity index is 681. The van der Waals surface area contributed by atoms with Crippen LogP contribution in [0.25, 0.3) is 12.2 Å². The van der Waals surface area contributed by atoms with Gasteiger partial charge in [-0.1, -0.05) is 47.5 Å². The second-order valence-corrected chi connectivity index (χ2v) is 5.11. The lowest BCUT2D eigenvalue weighted by atomic mass is 10.1. The fourth-order valence-electron chi connectivity index (χ4n) is 1.65. The number of carbonyl (C=O) groups is 1. The van der Waals surface area contributed by atoms with Crippen LogP contribution < -0.4 is 0 Å². The van der Waals surface area contributed by atoms with E-state index < -0.39 is 0 Å². The van der Waals surface area contributed by atoms with Crippen LogP contribution in [0.4, 0.5) is 0 Å². The van der Waals surface area contributed by atoms with Gasteiger partial charge in [-0.2, -0.15) is 0 Å². The monoisotopic (exact) mass is 318 g/mol. The minimum absolute atomic E-state index is 0.181. The van der Waals surface area contributed by atoms with E-state index >= 15 is 0 Å². The summed E-state index contributed by atoms with van der Waals surface area (Å²) in [7, 11) is 0. The molecular formula is C17H12Cl2O2. The van der Waals surface area contributed by atoms with E-state index in [9.17, 15) is 4.79 Å². The molecule has 2 nitrogen and oxygen atoms in total. The van der Waals surface area contributed by atoms with Crippen LogP contribution in [0.15, 0.2) is 54.6 Å². The summed E-state index contributed by atoms with van der Waals surface area (Å²) in [5.41, 5.74) is 1.44. The SMILES string of the molecule is O=C(C=Cc1ccc(O)cc1)C=Cc1c(Cl)cccc1Cl. The number of halogens is 2. The van der Waals surface area contributed by atoms with Gasteiger partial charge in [-0.3, -0.25) is 4.79 Å². The van der Waals surface area contributed by atoms with Crippen LogP contribution in [0.2, 0.25) is 10.0 Å². The smallest absolute Gasteiger partial charge is 0.178 e. The zero-order valence-electron chi connectivity index (χ0n) is 11.0. The third-order valence-corrected chi connectivity index (χ3v) is 3.41. The minimum atomic E-state index is -0.181. The van der Waals surface area contributed by atoms with Gasteiger partial charge in [-0.25, -0.2) is 0 Å². The van der Waals surface area contributed by atoms with Crippen molar-refractivity contribution in [2.45, 2.75) is 0 Å². The Hall–Kier alpha value is -2.03. The highest BCUT2D eigenvalue weighted by Crippen LogP contribution is 2.25. The topological polar surface area (TPSA) is 37.3 Å². The van der Waals surface area contributed by atoms with Crippen LogP contribution in [0, 0.1) is 0 Å². The van der Waals surface area contributed by atoms with Gasteiger partial charge in [0.25, 0.3) is 0 Å². The molecule has 2 rings (SSSR count). The molecule has 106 valence electrons. The molecule has 21 heavy (non-hydrogen) atoms. The lowest BCUT2D eigenvalue weighted by Crippen LogP contribution is -1.86. The molecule has 0 saturated carbocycles. The van der Waals surface area contributed by atoms with Gasteiger partial charge in [-0.15, -0.1) is 0 Å². The van der Waals surface area contributed by atoms with Crippen molar-refractivity contribution < 1.29 is 9.90 Å². The summed E-state index contributed by atoms with van der Waals surface area (Å²) in [4.78, 5) is 11.8. The zero-order valence-corrected chi connectivity index (χ0v) is 12.5. The third-order valence-electron chi connectivity index (χ3n) is 2.75. The van der Waals surface area contributed by atoms with Crippen molar-refractivity contribution in [3.8, 4) is 5.75 Å². The largest absolute Gasteiger partial charge is 0.508 e. The number of rotatable bonds is 4. The number of aromatic hydroxyl groups is 1. The van der Waals surface area contributed by atoms with E-state index in [1.54, 1.807) is 54.6 Å². The molecule has 0 amide bonds. The molecule has 2 aromatic carbocycles. The van der Waals surface area contributed by atoms with E-state index in [-0.39, 0.29) is 11.5 Å². The Kier molecular flexibility index (Phi) is 5.20. The average Bonchev–Trinajstić information content (AvgIpc) is 2.46. The first-order valence-electron chi connectivity index (χ1n) is 6.19. The number of hydrogen-bond donors (Lipinski definition) is 1. The van der Waals surface area contributed by atoms with Crippen LogP contribution in [0.5, 0.6) is 5.75 Å². The maximum atomic E-state index is 11.8. The first kappa shape index (κ1) is 15.4. The van der Waals surface area contributed by atoms with Crippen LogP contribution in [-0.2, 0) is 4.79 Å². The van der Waals surface area contributed by atoms with E-state index in [1.165, 1.54) is 12.2 Å². The molecule has 0 aliphatic rings. The molecule has 0 spiro atoms. The second-order valence-electron chi connectivity index (χ2n) is 4.30. The lowest BCUT2D eigenvalue weighted by molar-refractivity contribution is -0.110. The fraction of sp³-hybridized carbons (Fsp3) is 0. The fourth-order valence-corrected chi connectivity index (χ4v) is 2.18. The molecule has 1 N–H and O–H groups in total. The third kappa shape index (κ3) is 4.48. The molecule has 0 aliphatic heterocycles. The molecule has 2 aromatic rings. The van der Waals surface area contributed by atoms with Crippen molar-refractivity contribution in [1.82, 2.24) is 0 Å². The van der Waals surface area contributed by atoms with Crippen LogP contribution >= 0.6 is 23.2 Å². The van der Waals surface area contributed by atoms with Gasteiger partial charge in [-0.05, 0) is 48.1 Å². The first-order chi connectivity index (χ1) is 10.1. The van der Waals surface area contributed by atoms with Gasteiger partial charge in [0.15, 0.2) is 5.78 Å². The number of phenols is 1. The standard InChI is InChI=1S/C17H12Cl2O2/c18-16-2-1-3-17(19)15(16)11-10-14(21)9-6-12-4-7-13(20)8-5-12/h1-11,20H. The van der Waals surface area contributed by atoms with Crippen molar-refractivity contribution in [1.29, 1.82) is 0 Å². The maximum absolute atomic E-state index is 11.8. The molecule has 0 radical (unpaired) electrons. The number of ketones is 1. The summed E-state index contributed by atoms with van der Waals surface area (Å²) in [6.07, 6.45) is 6.10. The molecule has 0 saturated heterocycles. The van der Waals surface area contributed by atoms with Gasteiger partial charge in [0.1, 0.15) is 5.75 Å². The van der Waals surface area contributed by atoms with E-state index in [1.807, 2.05) is 0 Å². The molecule has 0 bridgehead atoms. The van der Waals surface area contributed by atoms with Crippen molar-refractivity contribution in [2.24, 2.45) is 0 Å². The highest BCUT2D eigenvalue weighted by molar-refractivity contribution is 6.37. The van der Waals surface area contributed by atoms with E-state index in [2.05, 4.69) is 0 Å². The summed E-state index contributed by atoms with van der Waals surface area (Å²) in [6.45, 7) is 0. The molecule has 0 fully saturated rings. The van der Waals surface area contributed by atoms with Crippen molar-refractivity contribution >= 4 is 41.1 Å². The average molecular weight is 319 g/mol. The van der Waals surface area contributed by atoms with E-state index in [0.717, 1.165) is 5.56 Å². The van der Waals surface area contributed by atoms with Crippen LogP contribution in [-0.4, -0.2) is 10.9 Å². The number of carbonyl (C=O) groups excluding carboxylic acids is 1. The molecule has 0 heterocycles. The van der Waals surface area contributed by atoms with Crippen molar-refractivity contribution in [3.05, 3.63) is 75.8 Å². The Morgan fingerprint density at radius 3 is 2.10 bits per heavy atom. The zero-order chi connectivity index (χ0) is 15.2. The van der Waals surface area contributed by atoms with Crippen molar-refractivity contribution in [3.63, 3.8) is 0 Å². The summed E-state index contributed by atoms with van der Waals surface area (Å²) in [6, 6.07) is 11.7. The number of allylic oxidation sites excluding steroid dienone is 2. The number of hydrogen-bond acceptors (Lipinski definition) is 2. The predicted octanol–water partition coefficient (Wildman–Crippen LogP) is 4.99. The summed E-state index contributed by atoms with van der Waals surface area (Å²) < 4.78 is 0. The van der Waals surface area contributed by atoms with Crippen LogP contribution in [0.1, 0.15) is 11.1 Å². The second kappa shape index (κ2) is 7.11. The van der Waals surface area contributed by atoms with Crippen molar-refractivity contribution in [2.75, 3.05) is 0 Å². The molecule has 0 aromatic heterocycles. The van der Waals surface area contributed by atoms with Crippen LogP contribution in [0.3, 0.4) is 0 Å². The first-order valence-corrected chi connectivity index (χ1v) is 6.95. The Morgan fingerprint density at radius 1 is 0.905 bits per heavy atom. The Morgan fingerprint density at radius 2 is 1.48 bits per heavy atom. The molecule has 0 aliphatic carbocycles. The normalized spacial score (nSPS) is 11.3. The highest BCUT2D eigenvalue weighted by Gasteiger charge is 2.01. The quantitative estimate of drug-likeness (QED) is 0.806. The van der Waals surface area contributed by atoms with Gasteiger partial charge in [0, 0.05) is 15.6 Å². The Labute approximate surface area is 132 Å². The highest BCUT2D eigenvalue weighted by atomic mass is 35.5. The summed E-state index contributed by atoms with van der Waals surface area (Å²) in [5, 5.41) is 10.2.